The van der Waals surface area contributed by atoms with Crippen LogP contribution in [0.25, 0.3) is 0 Å². The van der Waals surface area contributed by atoms with E-state index in [4.69, 9.17) is 0 Å². The van der Waals surface area contributed by atoms with Gasteiger partial charge in [-0.15, -0.1) is 0 Å². The van der Waals surface area contributed by atoms with Crippen LogP contribution in [0.2, 0.25) is 0 Å². The maximum absolute atomic E-state index is 12.6. The maximum atomic E-state index is 12.6. The molecule has 0 aliphatic heterocycles. The predicted octanol–water partition coefficient (Wildman–Crippen LogP) is 13.0. The van der Waals surface area contributed by atoms with Gasteiger partial charge in [0.1, 0.15) is 5.82 Å². The van der Waals surface area contributed by atoms with Gasteiger partial charge >= 0.3 is 0 Å². The normalized spacial score (nSPS) is 14.8. The molecular weight excluding hydrogens is 489 g/mol. The highest BCUT2D eigenvalue weighted by molar-refractivity contribution is 5.24. The van der Waals surface area contributed by atoms with E-state index in [2.05, 4.69) is 52.0 Å². The molecule has 1 saturated carbocycles. The summed E-state index contributed by atoms with van der Waals surface area (Å²) >= 11 is 0. The molecule has 0 saturated heterocycles. The minimum Gasteiger partial charge on any atom is -0.207 e. The zero-order valence-electron chi connectivity index (χ0n) is 22.8. The van der Waals surface area contributed by atoms with Crippen molar-refractivity contribution in [3.05, 3.63) is 105 Å². The van der Waals surface area contributed by atoms with Gasteiger partial charge in [-0.1, -0.05) is 129 Å². The van der Waals surface area contributed by atoms with Crippen molar-refractivity contribution in [1.82, 2.24) is 0 Å². The van der Waals surface area contributed by atoms with E-state index < -0.39 is 11.6 Å². The van der Waals surface area contributed by atoms with Crippen molar-refractivity contribution in [2.75, 3.05) is 0 Å². The van der Waals surface area contributed by atoms with Crippen molar-refractivity contribution >= 4 is 0 Å². The Hall–Kier alpha value is -2.55. The molecule has 0 radical (unpaired) electrons. The van der Waals surface area contributed by atoms with Gasteiger partial charge in [0.15, 0.2) is 11.6 Å². The van der Waals surface area contributed by atoms with Crippen LogP contribution in [0.15, 0.2) is 54.6 Å². The topological polar surface area (TPSA) is 0 Å². The van der Waals surface area contributed by atoms with Gasteiger partial charge in [-0.25, -0.2) is 13.2 Å². The number of benzene rings is 3. The van der Waals surface area contributed by atoms with Gasteiger partial charge in [0.25, 0.3) is 0 Å². The van der Waals surface area contributed by atoms with E-state index in [0.717, 1.165) is 17.4 Å². The molecule has 1 aliphatic rings. The highest BCUT2D eigenvalue weighted by Gasteiger charge is 2.13. The van der Waals surface area contributed by atoms with E-state index in [-0.39, 0.29) is 37.0 Å². The van der Waals surface area contributed by atoms with Crippen molar-refractivity contribution in [1.29, 1.82) is 0 Å². The second-order valence-corrected chi connectivity index (χ2v) is 10.1. The first-order chi connectivity index (χ1) is 16.4. The molecule has 0 bridgehead atoms. The summed E-state index contributed by atoms with van der Waals surface area (Å²) in [5.41, 5.74) is 5.04. The molecular formula is C36H61F3. The molecule has 0 spiro atoms. The second kappa shape index (κ2) is 22.3. The van der Waals surface area contributed by atoms with Gasteiger partial charge in [0, 0.05) is 1.43 Å². The first kappa shape index (κ1) is 43.5. The average molecular weight is 551 g/mol. The second-order valence-electron chi connectivity index (χ2n) is 10.1. The molecule has 0 amide bonds. The molecule has 3 aromatic carbocycles. The Morgan fingerprint density at radius 2 is 0.769 bits per heavy atom. The lowest BCUT2D eigenvalue weighted by molar-refractivity contribution is 0.308. The van der Waals surface area contributed by atoms with Crippen LogP contribution in [0.5, 0.6) is 0 Å². The monoisotopic (exact) mass is 550 g/mol. The molecule has 0 unspecified atom stereocenters. The van der Waals surface area contributed by atoms with Crippen LogP contribution in [-0.2, 0) is 0 Å². The molecule has 0 aromatic heterocycles. The molecule has 0 nitrogen and oxygen atoms in total. The van der Waals surface area contributed by atoms with Crippen LogP contribution in [-0.4, -0.2) is 0 Å². The van der Waals surface area contributed by atoms with Gasteiger partial charge in [-0.3, -0.25) is 0 Å². The third-order valence-corrected chi connectivity index (χ3v) is 6.32. The van der Waals surface area contributed by atoms with Crippen LogP contribution in [0.4, 0.5) is 13.2 Å². The van der Waals surface area contributed by atoms with E-state index in [0.29, 0.717) is 16.7 Å². The Labute approximate surface area is 242 Å². The van der Waals surface area contributed by atoms with Crippen molar-refractivity contribution in [2.45, 2.75) is 111 Å². The summed E-state index contributed by atoms with van der Waals surface area (Å²) < 4.78 is 37.8. The van der Waals surface area contributed by atoms with Crippen LogP contribution in [0, 0.1) is 70.8 Å². The summed E-state index contributed by atoms with van der Waals surface area (Å²) in [5, 5.41) is 0. The molecule has 4 rings (SSSR count). The summed E-state index contributed by atoms with van der Waals surface area (Å²) in [6, 6.07) is 16.8. The highest BCUT2D eigenvalue weighted by atomic mass is 19.2. The van der Waals surface area contributed by atoms with Gasteiger partial charge in [0.05, 0.1) is 0 Å². The van der Waals surface area contributed by atoms with Crippen molar-refractivity contribution in [3.8, 4) is 0 Å². The van der Waals surface area contributed by atoms with E-state index in [1.807, 2.05) is 13.0 Å². The number of hydrogen-bond acceptors (Lipinski definition) is 0. The van der Waals surface area contributed by atoms with Crippen molar-refractivity contribution in [2.24, 2.45) is 11.8 Å². The Bertz CT molecular complexity index is 963. The van der Waals surface area contributed by atoms with E-state index in [9.17, 15) is 13.2 Å². The van der Waals surface area contributed by atoms with E-state index in [1.54, 1.807) is 25.1 Å². The van der Waals surface area contributed by atoms with Crippen molar-refractivity contribution < 1.29 is 14.6 Å². The van der Waals surface area contributed by atoms with Crippen LogP contribution >= 0.6 is 0 Å². The first-order valence-electron chi connectivity index (χ1n) is 12.6. The Morgan fingerprint density at radius 1 is 0.487 bits per heavy atom. The number of rotatable bonds is 0. The number of hydrogen-bond donors (Lipinski definition) is 0. The quantitative estimate of drug-likeness (QED) is 0.261. The smallest absolute Gasteiger partial charge is 0.161 e. The lowest BCUT2D eigenvalue weighted by atomic mass is 9.84. The molecule has 3 aromatic rings. The molecule has 226 valence electrons. The zero-order chi connectivity index (χ0) is 26.5. The zero-order valence-corrected chi connectivity index (χ0v) is 22.8. The van der Waals surface area contributed by atoms with E-state index >= 15 is 0 Å². The lowest BCUT2D eigenvalue weighted by Gasteiger charge is -2.22. The summed E-state index contributed by atoms with van der Waals surface area (Å²) in [6.07, 6.45) is 5.89. The molecule has 0 atom stereocenters. The predicted molar refractivity (Wildman–Crippen MR) is 173 cm³/mol. The summed E-state index contributed by atoms with van der Waals surface area (Å²) in [6.45, 7) is 15.6. The SMILES string of the molecule is C.C.C.C.CC1CCC(C)CC1.Cc1ccc(C)c(F)c1.Cc1ccc(C)c(F)c1F.Cc1ccc(C)cc1.[HH]. The Balaban J connectivity index is -0.000000131. The third kappa shape index (κ3) is 17.6. The van der Waals surface area contributed by atoms with Crippen LogP contribution < -0.4 is 0 Å². The molecule has 39 heavy (non-hydrogen) atoms. The minimum atomic E-state index is -0.736. The number of halogens is 3. The van der Waals surface area contributed by atoms with Crippen molar-refractivity contribution in [3.63, 3.8) is 0 Å². The molecule has 1 aliphatic carbocycles. The fourth-order valence-corrected chi connectivity index (χ4v) is 3.50. The van der Waals surface area contributed by atoms with Gasteiger partial charge in [-0.05, 0) is 81.7 Å². The molecule has 0 N–H and O–H groups in total. The van der Waals surface area contributed by atoms with Crippen LogP contribution in [0.1, 0.15) is 104 Å². The largest absolute Gasteiger partial charge is 0.207 e. The molecule has 0 heterocycles. The fourth-order valence-electron chi connectivity index (χ4n) is 3.50. The Morgan fingerprint density at radius 3 is 1.05 bits per heavy atom. The fraction of sp³-hybridized carbons (Fsp3) is 0.500. The molecule has 3 heteroatoms. The third-order valence-electron chi connectivity index (χ3n) is 6.32. The average Bonchev–Trinajstić information content (AvgIpc) is 2.83. The summed E-state index contributed by atoms with van der Waals surface area (Å²) in [7, 11) is 0. The van der Waals surface area contributed by atoms with Gasteiger partial charge in [0.2, 0.25) is 0 Å². The summed E-state index contributed by atoms with van der Waals surface area (Å²) in [4.78, 5) is 0. The van der Waals surface area contributed by atoms with E-state index in [1.165, 1.54) is 56.7 Å². The van der Waals surface area contributed by atoms with Crippen LogP contribution in [0.3, 0.4) is 0 Å². The highest BCUT2D eigenvalue weighted by Crippen LogP contribution is 2.27. The minimum absolute atomic E-state index is 0. The standard InChI is InChI=1S/C8H8F2.C8H9F.C8H16.C8H10.4CH4.H2/c1-5-3-4-6(2)8(10)7(5)9;1-6-3-4-7(2)8(9)5-6;2*1-7-3-5-8(2)6-4-7;;;;;/h3-4H,1-2H3;3-5H,1-2H3;7-8H,3-6H2,1-2H3;3-6H,1-2H3;4*1H4;1H. The summed E-state index contributed by atoms with van der Waals surface area (Å²) in [5.74, 6) is 0.451. The van der Waals surface area contributed by atoms with Gasteiger partial charge < -0.3 is 0 Å². The molecule has 1 fully saturated rings. The van der Waals surface area contributed by atoms with Gasteiger partial charge in [-0.2, -0.15) is 0 Å². The first-order valence-corrected chi connectivity index (χ1v) is 12.6. The maximum Gasteiger partial charge on any atom is 0.161 e. The number of aryl methyl sites for hydroxylation is 6. The lowest BCUT2D eigenvalue weighted by Crippen LogP contribution is -2.08. The Kier molecular flexibility index (Phi) is 24.9.